The molecule has 2 rings (SSSR count). The molecule has 1 fully saturated rings. The molecular weight excluding hydrogens is 231 g/mol. The summed E-state index contributed by atoms with van der Waals surface area (Å²) in [6.07, 6.45) is 6.11. The topological polar surface area (TPSA) is 48.1 Å². The zero-order valence-corrected chi connectivity index (χ0v) is 10.8. The van der Waals surface area contributed by atoms with Crippen LogP contribution < -0.4 is 10.5 Å². The van der Waals surface area contributed by atoms with Crippen LogP contribution in [-0.2, 0) is 6.67 Å². The van der Waals surface area contributed by atoms with Gasteiger partial charge < -0.3 is 10.5 Å². The van der Waals surface area contributed by atoms with E-state index in [0.29, 0.717) is 11.6 Å². The van der Waals surface area contributed by atoms with Gasteiger partial charge in [-0.1, -0.05) is 0 Å². The summed E-state index contributed by atoms with van der Waals surface area (Å²) in [6.45, 7) is 1.52. The predicted octanol–water partition coefficient (Wildman–Crippen LogP) is 2.84. The fourth-order valence-electron chi connectivity index (χ4n) is 2.53. The third kappa shape index (κ3) is 3.42. The van der Waals surface area contributed by atoms with Crippen LogP contribution in [0.15, 0.2) is 18.3 Å². The molecule has 1 heterocycles. The van der Waals surface area contributed by atoms with Gasteiger partial charge in [0.2, 0.25) is 0 Å². The lowest BCUT2D eigenvalue weighted by atomic mass is 9.83. The summed E-state index contributed by atoms with van der Waals surface area (Å²) in [6, 6.07) is 3.74. The first-order chi connectivity index (χ1) is 8.69. The minimum atomic E-state index is -0.547. The highest BCUT2D eigenvalue weighted by molar-refractivity contribution is 5.22. The van der Waals surface area contributed by atoms with E-state index in [-0.39, 0.29) is 12.1 Å². The van der Waals surface area contributed by atoms with Crippen LogP contribution in [0, 0.1) is 5.92 Å². The van der Waals surface area contributed by atoms with Crippen molar-refractivity contribution in [1.29, 1.82) is 0 Å². The van der Waals surface area contributed by atoms with Gasteiger partial charge in [-0.05, 0) is 44.6 Å². The van der Waals surface area contributed by atoms with Gasteiger partial charge in [-0.25, -0.2) is 4.39 Å². The van der Waals surface area contributed by atoms with E-state index in [2.05, 4.69) is 11.9 Å². The molecule has 0 radical (unpaired) electrons. The standard InChI is InChI=1S/C14H21FN2O/c1-10(16)11-2-4-13(5-3-11)18-14-6-7-17-12(8-14)9-15/h6-8,10-11,13H,2-5,9,16H2,1H3. The lowest BCUT2D eigenvalue weighted by molar-refractivity contribution is 0.124. The second-order valence-corrected chi connectivity index (χ2v) is 5.13. The van der Waals surface area contributed by atoms with Gasteiger partial charge in [0.05, 0.1) is 11.8 Å². The Balaban J connectivity index is 1.87. The van der Waals surface area contributed by atoms with E-state index in [9.17, 15) is 4.39 Å². The van der Waals surface area contributed by atoms with Crippen LogP contribution in [0.4, 0.5) is 4.39 Å². The van der Waals surface area contributed by atoms with Crippen LogP contribution in [0.25, 0.3) is 0 Å². The van der Waals surface area contributed by atoms with Crippen molar-refractivity contribution in [3.8, 4) is 5.75 Å². The minimum Gasteiger partial charge on any atom is -0.490 e. The van der Waals surface area contributed by atoms with E-state index < -0.39 is 6.67 Å². The first kappa shape index (κ1) is 13.3. The normalized spacial score (nSPS) is 25.7. The molecule has 4 heteroatoms. The maximum absolute atomic E-state index is 12.5. The zero-order valence-electron chi connectivity index (χ0n) is 10.8. The van der Waals surface area contributed by atoms with E-state index in [1.807, 2.05) is 0 Å². The highest BCUT2D eigenvalue weighted by Crippen LogP contribution is 2.29. The van der Waals surface area contributed by atoms with Crippen LogP contribution in [-0.4, -0.2) is 17.1 Å². The van der Waals surface area contributed by atoms with Gasteiger partial charge in [0.25, 0.3) is 0 Å². The number of nitrogens with two attached hydrogens (primary N) is 1. The Labute approximate surface area is 108 Å². The molecular formula is C14H21FN2O. The molecule has 1 aliphatic rings. The summed E-state index contributed by atoms with van der Waals surface area (Å²) in [5, 5.41) is 0. The monoisotopic (exact) mass is 252 g/mol. The average molecular weight is 252 g/mol. The number of pyridine rings is 1. The molecule has 0 amide bonds. The number of ether oxygens (including phenoxy) is 1. The fraction of sp³-hybridized carbons (Fsp3) is 0.643. The molecule has 3 nitrogen and oxygen atoms in total. The number of alkyl halides is 1. The molecule has 0 aliphatic heterocycles. The summed E-state index contributed by atoms with van der Waals surface area (Å²) >= 11 is 0. The van der Waals surface area contributed by atoms with Gasteiger partial charge in [0.15, 0.2) is 0 Å². The summed E-state index contributed by atoms with van der Waals surface area (Å²) in [7, 11) is 0. The molecule has 1 aromatic rings. The van der Waals surface area contributed by atoms with Gasteiger partial charge in [0, 0.05) is 18.3 Å². The molecule has 0 saturated heterocycles. The fourth-order valence-corrected chi connectivity index (χ4v) is 2.53. The Bertz CT molecular complexity index is 376. The van der Waals surface area contributed by atoms with Crippen LogP contribution in [0.1, 0.15) is 38.3 Å². The minimum absolute atomic E-state index is 0.231. The van der Waals surface area contributed by atoms with E-state index in [4.69, 9.17) is 10.5 Å². The molecule has 2 N–H and O–H groups in total. The van der Waals surface area contributed by atoms with Crippen LogP contribution in [0.5, 0.6) is 5.75 Å². The second-order valence-electron chi connectivity index (χ2n) is 5.13. The van der Waals surface area contributed by atoms with Gasteiger partial charge in [-0.3, -0.25) is 4.98 Å². The molecule has 0 aromatic carbocycles. The quantitative estimate of drug-likeness (QED) is 0.896. The molecule has 1 atom stereocenters. The van der Waals surface area contributed by atoms with Gasteiger partial charge in [-0.2, -0.15) is 0 Å². The van der Waals surface area contributed by atoms with Crippen molar-refractivity contribution >= 4 is 0 Å². The van der Waals surface area contributed by atoms with Gasteiger partial charge >= 0.3 is 0 Å². The highest BCUT2D eigenvalue weighted by Gasteiger charge is 2.24. The number of halogens is 1. The second kappa shape index (κ2) is 6.14. The Morgan fingerprint density at radius 3 is 2.78 bits per heavy atom. The Morgan fingerprint density at radius 2 is 2.17 bits per heavy atom. The average Bonchev–Trinajstić information content (AvgIpc) is 2.39. The molecule has 1 aliphatic carbocycles. The first-order valence-electron chi connectivity index (χ1n) is 6.62. The third-order valence-electron chi connectivity index (χ3n) is 3.69. The SMILES string of the molecule is CC(N)C1CCC(Oc2ccnc(CF)c2)CC1. The molecule has 18 heavy (non-hydrogen) atoms. The molecule has 1 saturated carbocycles. The molecule has 0 spiro atoms. The van der Waals surface area contributed by atoms with Crippen molar-refractivity contribution in [3.05, 3.63) is 24.0 Å². The third-order valence-corrected chi connectivity index (χ3v) is 3.69. The van der Waals surface area contributed by atoms with Crippen LogP contribution in [0.2, 0.25) is 0 Å². The number of rotatable bonds is 4. The highest BCUT2D eigenvalue weighted by atomic mass is 19.1. The number of aromatic nitrogens is 1. The zero-order chi connectivity index (χ0) is 13.0. The molecule has 100 valence electrons. The molecule has 0 bridgehead atoms. The van der Waals surface area contributed by atoms with E-state index in [1.165, 1.54) is 0 Å². The Kier molecular flexibility index (Phi) is 4.53. The summed E-state index contributed by atoms with van der Waals surface area (Å²) in [4.78, 5) is 3.91. The lowest BCUT2D eigenvalue weighted by Crippen LogP contribution is -2.33. The van der Waals surface area contributed by atoms with Crippen molar-refractivity contribution < 1.29 is 9.13 Å². The Morgan fingerprint density at radius 1 is 1.44 bits per heavy atom. The van der Waals surface area contributed by atoms with Crippen molar-refractivity contribution in [2.24, 2.45) is 11.7 Å². The summed E-state index contributed by atoms with van der Waals surface area (Å²) < 4.78 is 18.4. The number of hydrogen-bond acceptors (Lipinski definition) is 3. The lowest BCUT2D eigenvalue weighted by Gasteiger charge is -2.31. The maximum atomic E-state index is 12.5. The van der Waals surface area contributed by atoms with Gasteiger partial charge in [0.1, 0.15) is 12.4 Å². The van der Waals surface area contributed by atoms with Crippen molar-refractivity contribution in [2.45, 2.75) is 51.4 Å². The molecule has 1 aromatic heterocycles. The van der Waals surface area contributed by atoms with Crippen molar-refractivity contribution in [2.75, 3.05) is 0 Å². The predicted molar refractivity (Wildman–Crippen MR) is 69.1 cm³/mol. The Hall–Kier alpha value is -1.16. The van der Waals surface area contributed by atoms with Crippen LogP contribution >= 0.6 is 0 Å². The van der Waals surface area contributed by atoms with Crippen LogP contribution in [0.3, 0.4) is 0 Å². The first-order valence-corrected chi connectivity index (χ1v) is 6.62. The van der Waals surface area contributed by atoms with Gasteiger partial charge in [-0.15, -0.1) is 0 Å². The van der Waals surface area contributed by atoms with E-state index >= 15 is 0 Å². The number of hydrogen-bond donors (Lipinski definition) is 1. The smallest absolute Gasteiger partial charge is 0.132 e. The largest absolute Gasteiger partial charge is 0.490 e. The van der Waals surface area contributed by atoms with Crippen molar-refractivity contribution in [3.63, 3.8) is 0 Å². The molecule has 1 unspecified atom stereocenters. The summed E-state index contributed by atoms with van der Waals surface area (Å²) in [5.74, 6) is 1.34. The number of nitrogens with zero attached hydrogens (tertiary/aromatic N) is 1. The van der Waals surface area contributed by atoms with Crippen molar-refractivity contribution in [1.82, 2.24) is 4.98 Å². The van der Waals surface area contributed by atoms with E-state index in [0.717, 1.165) is 31.4 Å². The van der Waals surface area contributed by atoms with E-state index in [1.54, 1.807) is 18.3 Å². The maximum Gasteiger partial charge on any atom is 0.132 e. The summed E-state index contributed by atoms with van der Waals surface area (Å²) in [5.41, 5.74) is 6.34.